The molecule has 2 heterocycles. The van der Waals surface area contributed by atoms with Gasteiger partial charge >= 0.3 is 0 Å². The fourth-order valence-electron chi connectivity index (χ4n) is 3.22. The van der Waals surface area contributed by atoms with Gasteiger partial charge in [-0.05, 0) is 60.0 Å². The second-order valence-electron chi connectivity index (χ2n) is 6.14. The van der Waals surface area contributed by atoms with Crippen LogP contribution in [0.25, 0.3) is 0 Å². The van der Waals surface area contributed by atoms with Crippen molar-refractivity contribution in [3.8, 4) is 0 Å². The highest BCUT2D eigenvalue weighted by Gasteiger charge is 2.31. The van der Waals surface area contributed by atoms with Crippen molar-refractivity contribution in [3.63, 3.8) is 0 Å². The van der Waals surface area contributed by atoms with Gasteiger partial charge in [-0.15, -0.1) is 23.1 Å². The summed E-state index contributed by atoms with van der Waals surface area (Å²) in [6, 6.07) is 21.7. The smallest absolute Gasteiger partial charge is 0.0926 e. The standard InChI is InChI=1S/C21H20N2S2/c1-15-12-13-25-21(15)20-14-19(16-8-10-18(24-2)11-9-16)22-23(20)17-6-4-3-5-7-17/h3-13,20H,14H2,1-2H3. The molecule has 0 fully saturated rings. The highest BCUT2D eigenvalue weighted by Crippen LogP contribution is 2.40. The van der Waals surface area contributed by atoms with Crippen LogP contribution in [-0.2, 0) is 0 Å². The van der Waals surface area contributed by atoms with E-state index in [9.17, 15) is 0 Å². The minimum absolute atomic E-state index is 0.276. The zero-order chi connectivity index (χ0) is 17.2. The lowest BCUT2D eigenvalue weighted by molar-refractivity contribution is 0.718. The number of thiophene rings is 1. The maximum absolute atomic E-state index is 5.01. The number of hydrogen-bond acceptors (Lipinski definition) is 4. The number of hydrogen-bond donors (Lipinski definition) is 0. The molecule has 3 aromatic rings. The molecule has 0 aliphatic carbocycles. The van der Waals surface area contributed by atoms with Gasteiger partial charge in [0, 0.05) is 16.2 Å². The van der Waals surface area contributed by atoms with Crippen molar-refractivity contribution in [2.75, 3.05) is 11.3 Å². The Labute approximate surface area is 157 Å². The van der Waals surface area contributed by atoms with E-state index in [0.717, 1.165) is 17.8 Å². The van der Waals surface area contributed by atoms with Crippen molar-refractivity contribution in [1.82, 2.24) is 0 Å². The lowest BCUT2D eigenvalue weighted by Crippen LogP contribution is -2.18. The van der Waals surface area contributed by atoms with Gasteiger partial charge < -0.3 is 0 Å². The van der Waals surface area contributed by atoms with Gasteiger partial charge in [0.1, 0.15) is 0 Å². The highest BCUT2D eigenvalue weighted by molar-refractivity contribution is 7.98. The van der Waals surface area contributed by atoms with Gasteiger partial charge in [-0.25, -0.2) is 0 Å². The molecule has 0 amide bonds. The quantitative estimate of drug-likeness (QED) is 0.517. The summed E-state index contributed by atoms with van der Waals surface area (Å²) in [7, 11) is 0. The third kappa shape index (κ3) is 3.24. The van der Waals surface area contributed by atoms with E-state index < -0.39 is 0 Å². The number of para-hydroxylation sites is 1. The number of rotatable bonds is 4. The lowest BCUT2D eigenvalue weighted by Gasteiger charge is -2.23. The predicted molar refractivity (Wildman–Crippen MR) is 110 cm³/mol. The van der Waals surface area contributed by atoms with Crippen LogP contribution in [0.3, 0.4) is 0 Å². The van der Waals surface area contributed by atoms with Crippen molar-refractivity contribution in [3.05, 3.63) is 82.0 Å². The first kappa shape index (κ1) is 16.4. The molecule has 0 saturated heterocycles. The second-order valence-corrected chi connectivity index (χ2v) is 7.97. The van der Waals surface area contributed by atoms with Crippen molar-refractivity contribution >= 4 is 34.5 Å². The molecule has 4 rings (SSSR count). The van der Waals surface area contributed by atoms with Gasteiger partial charge in [0.05, 0.1) is 17.4 Å². The molecule has 1 unspecified atom stereocenters. The second kappa shape index (κ2) is 7.06. The van der Waals surface area contributed by atoms with Crippen LogP contribution in [0.4, 0.5) is 5.69 Å². The van der Waals surface area contributed by atoms with E-state index in [1.807, 2.05) is 11.3 Å². The molecule has 0 radical (unpaired) electrons. The fourth-order valence-corrected chi connectivity index (χ4v) is 4.64. The first-order chi connectivity index (χ1) is 12.3. The van der Waals surface area contributed by atoms with E-state index in [1.165, 1.54) is 20.9 Å². The Hall–Kier alpha value is -2.04. The van der Waals surface area contributed by atoms with Gasteiger partial charge in [-0.3, -0.25) is 5.01 Å². The van der Waals surface area contributed by atoms with Crippen LogP contribution in [0, 0.1) is 6.92 Å². The zero-order valence-corrected chi connectivity index (χ0v) is 16.0. The van der Waals surface area contributed by atoms with Crippen molar-refractivity contribution in [1.29, 1.82) is 0 Å². The normalized spacial score (nSPS) is 17.0. The number of benzene rings is 2. The molecule has 1 aliphatic rings. The van der Waals surface area contributed by atoms with Gasteiger partial charge in [0.25, 0.3) is 0 Å². The summed E-state index contributed by atoms with van der Waals surface area (Å²) in [5, 5.41) is 9.38. The van der Waals surface area contributed by atoms with Gasteiger partial charge in [-0.2, -0.15) is 5.10 Å². The molecule has 2 aromatic carbocycles. The SMILES string of the molecule is CSc1ccc(C2=NN(c3ccccc3)C(c3sccc3C)C2)cc1. The highest BCUT2D eigenvalue weighted by atomic mass is 32.2. The third-order valence-corrected chi connectivity index (χ3v) is 6.42. The fraction of sp³-hybridized carbons (Fsp3) is 0.190. The number of nitrogens with zero attached hydrogens (tertiary/aromatic N) is 2. The Morgan fingerprint density at radius 3 is 2.44 bits per heavy atom. The average molecular weight is 365 g/mol. The Bertz CT molecular complexity index is 882. The molecular weight excluding hydrogens is 344 g/mol. The molecule has 1 aliphatic heterocycles. The summed E-state index contributed by atoms with van der Waals surface area (Å²) >= 11 is 3.60. The molecule has 0 bridgehead atoms. The number of hydrazone groups is 1. The maximum Gasteiger partial charge on any atom is 0.0926 e. The van der Waals surface area contributed by atoms with Crippen molar-refractivity contribution in [2.24, 2.45) is 5.10 Å². The van der Waals surface area contributed by atoms with Gasteiger partial charge in [0.15, 0.2) is 0 Å². The van der Waals surface area contributed by atoms with E-state index in [2.05, 4.69) is 84.2 Å². The maximum atomic E-state index is 5.01. The summed E-state index contributed by atoms with van der Waals surface area (Å²) < 4.78 is 0. The van der Waals surface area contributed by atoms with Crippen LogP contribution in [0.5, 0.6) is 0 Å². The summed E-state index contributed by atoms with van der Waals surface area (Å²) in [4.78, 5) is 2.69. The van der Waals surface area contributed by atoms with Crippen LogP contribution in [0.15, 0.2) is 76.0 Å². The number of aryl methyl sites for hydroxylation is 1. The molecule has 0 saturated carbocycles. The monoisotopic (exact) mass is 364 g/mol. The molecule has 0 spiro atoms. The first-order valence-electron chi connectivity index (χ1n) is 8.36. The first-order valence-corrected chi connectivity index (χ1v) is 10.5. The van der Waals surface area contributed by atoms with E-state index in [1.54, 1.807) is 11.8 Å². The largest absolute Gasteiger partial charge is 0.257 e. The summed E-state index contributed by atoms with van der Waals surface area (Å²) in [5.41, 5.74) is 4.88. The van der Waals surface area contributed by atoms with Gasteiger partial charge in [-0.1, -0.05) is 30.3 Å². The minimum Gasteiger partial charge on any atom is -0.257 e. The topological polar surface area (TPSA) is 15.6 Å². The van der Waals surface area contributed by atoms with Gasteiger partial charge in [0.2, 0.25) is 0 Å². The summed E-state index contributed by atoms with van der Waals surface area (Å²) in [6.07, 6.45) is 3.05. The van der Waals surface area contributed by atoms with E-state index in [0.29, 0.717) is 0 Å². The van der Waals surface area contributed by atoms with E-state index in [4.69, 9.17) is 5.10 Å². The molecule has 2 nitrogen and oxygen atoms in total. The molecule has 25 heavy (non-hydrogen) atoms. The van der Waals surface area contributed by atoms with E-state index >= 15 is 0 Å². The zero-order valence-electron chi connectivity index (χ0n) is 14.3. The molecule has 1 atom stereocenters. The van der Waals surface area contributed by atoms with E-state index in [-0.39, 0.29) is 6.04 Å². The van der Waals surface area contributed by atoms with Crippen molar-refractivity contribution in [2.45, 2.75) is 24.3 Å². The van der Waals surface area contributed by atoms with Crippen LogP contribution >= 0.6 is 23.1 Å². The third-order valence-electron chi connectivity index (χ3n) is 4.56. The molecular formula is C21H20N2S2. The minimum atomic E-state index is 0.276. The van der Waals surface area contributed by atoms with Crippen molar-refractivity contribution < 1.29 is 0 Å². The number of anilines is 1. The number of thioether (sulfide) groups is 1. The molecule has 1 aromatic heterocycles. The molecule has 126 valence electrons. The Balaban J connectivity index is 1.73. The van der Waals surface area contributed by atoms with Crippen LogP contribution < -0.4 is 5.01 Å². The average Bonchev–Trinajstić information content (AvgIpc) is 3.28. The lowest BCUT2D eigenvalue weighted by atomic mass is 10.0. The molecule has 0 N–H and O–H groups in total. The van der Waals surface area contributed by atoms with Crippen LogP contribution in [0.2, 0.25) is 0 Å². The Morgan fingerprint density at radius 2 is 1.80 bits per heavy atom. The Kier molecular flexibility index (Phi) is 4.64. The predicted octanol–water partition coefficient (Wildman–Crippen LogP) is 6.13. The molecule has 4 heteroatoms. The Morgan fingerprint density at radius 1 is 1.04 bits per heavy atom. The van der Waals surface area contributed by atoms with Crippen LogP contribution in [0.1, 0.15) is 28.5 Å². The summed E-state index contributed by atoms with van der Waals surface area (Å²) in [5.74, 6) is 0. The van der Waals surface area contributed by atoms with Crippen LogP contribution in [-0.4, -0.2) is 12.0 Å². The summed E-state index contributed by atoms with van der Waals surface area (Å²) in [6.45, 7) is 2.19.